The van der Waals surface area contributed by atoms with Crippen molar-refractivity contribution in [1.82, 2.24) is 5.32 Å². The van der Waals surface area contributed by atoms with Gasteiger partial charge in [-0.1, -0.05) is 12.1 Å². The number of hydrogen-bond acceptors (Lipinski definition) is 2. The van der Waals surface area contributed by atoms with Crippen molar-refractivity contribution in [3.05, 3.63) is 41.7 Å². The highest BCUT2D eigenvalue weighted by Gasteiger charge is 2.19. The van der Waals surface area contributed by atoms with Gasteiger partial charge in [-0.3, -0.25) is 4.79 Å². The van der Waals surface area contributed by atoms with Crippen LogP contribution in [0.2, 0.25) is 0 Å². The van der Waals surface area contributed by atoms with Crippen LogP contribution in [0.1, 0.15) is 31.2 Å². The lowest BCUT2D eigenvalue weighted by atomic mass is 9.93. The third-order valence-electron chi connectivity index (χ3n) is 3.34. The van der Waals surface area contributed by atoms with Crippen molar-refractivity contribution in [2.75, 3.05) is 0 Å². The highest BCUT2D eigenvalue weighted by molar-refractivity contribution is 5.91. The fourth-order valence-corrected chi connectivity index (χ4v) is 2.22. The molecule has 102 valence electrons. The Kier molecular flexibility index (Phi) is 4.68. The normalized spacial score (nSPS) is 23.5. The lowest BCUT2D eigenvalue weighted by Gasteiger charge is -2.25. The van der Waals surface area contributed by atoms with Crippen molar-refractivity contribution < 1.29 is 14.3 Å². The van der Waals surface area contributed by atoms with Crippen LogP contribution >= 0.6 is 0 Å². The molecule has 0 aliphatic heterocycles. The van der Waals surface area contributed by atoms with E-state index in [0.717, 1.165) is 31.2 Å². The van der Waals surface area contributed by atoms with Crippen molar-refractivity contribution in [3.63, 3.8) is 0 Å². The summed E-state index contributed by atoms with van der Waals surface area (Å²) in [6, 6.07) is 6.11. The van der Waals surface area contributed by atoms with Crippen LogP contribution in [0.3, 0.4) is 0 Å². The van der Waals surface area contributed by atoms with Gasteiger partial charge in [-0.2, -0.15) is 0 Å². The van der Waals surface area contributed by atoms with Crippen molar-refractivity contribution in [2.45, 2.75) is 37.8 Å². The number of amides is 1. The van der Waals surface area contributed by atoms with E-state index in [2.05, 4.69) is 5.32 Å². The zero-order valence-electron chi connectivity index (χ0n) is 10.7. The first kappa shape index (κ1) is 13.7. The standard InChI is InChI=1S/C15H18FNO2/c16-12-4-1-11(2-5-12)3-10-15(19)17-13-6-8-14(18)9-7-13/h1-5,10,13-14,18H,6-9H2,(H,17,19)/b10-3+. The highest BCUT2D eigenvalue weighted by Crippen LogP contribution is 2.18. The van der Waals surface area contributed by atoms with Crippen molar-refractivity contribution in [3.8, 4) is 0 Å². The summed E-state index contributed by atoms with van der Waals surface area (Å²) in [7, 11) is 0. The third kappa shape index (κ3) is 4.48. The molecule has 0 radical (unpaired) electrons. The largest absolute Gasteiger partial charge is 0.393 e. The minimum Gasteiger partial charge on any atom is -0.393 e. The Bertz CT molecular complexity index is 448. The summed E-state index contributed by atoms with van der Waals surface area (Å²) in [5.74, 6) is -0.437. The molecule has 0 atom stereocenters. The van der Waals surface area contributed by atoms with Gasteiger partial charge in [-0.25, -0.2) is 4.39 Å². The molecule has 3 nitrogen and oxygen atoms in total. The quantitative estimate of drug-likeness (QED) is 0.822. The fourth-order valence-electron chi connectivity index (χ4n) is 2.22. The SMILES string of the molecule is O=C(/C=C/c1ccc(F)cc1)NC1CCC(O)CC1. The van der Waals surface area contributed by atoms with Crippen molar-refractivity contribution in [2.24, 2.45) is 0 Å². The summed E-state index contributed by atoms with van der Waals surface area (Å²) < 4.78 is 12.7. The Morgan fingerprint density at radius 2 is 1.84 bits per heavy atom. The van der Waals surface area contributed by atoms with Gasteiger partial charge in [0.25, 0.3) is 0 Å². The first-order chi connectivity index (χ1) is 9.13. The van der Waals surface area contributed by atoms with E-state index in [-0.39, 0.29) is 23.9 Å². The van der Waals surface area contributed by atoms with Gasteiger partial charge in [-0.05, 0) is 49.5 Å². The number of nitrogens with one attached hydrogen (secondary N) is 1. The van der Waals surface area contributed by atoms with Crippen LogP contribution in [0.4, 0.5) is 4.39 Å². The van der Waals surface area contributed by atoms with Crippen LogP contribution in [-0.4, -0.2) is 23.2 Å². The van der Waals surface area contributed by atoms with E-state index in [1.807, 2.05) is 0 Å². The molecule has 0 spiro atoms. The lowest BCUT2D eigenvalue weighted by molar-refractivity contribution is -0.117. The predicted molar refractivity (Wildman–Crippen MR) is 71.8 cm³/mol. The maximum Gasteiger partial charge on any atom is 0.244 e. The number of carbonyl (C=O) groups excluding carboxylic acids is 1. The van der Waals surface area contributed by atoms with Gasteiger partial charge in [0.05, 0.1) is 6.10 Å². The van der Waals surface area contributed by atoms with Crippen LogP contribution in [0.25, 0.3) is 6.08 Å². The Morgan fingerprint density at radius 1 is 1.21 bits per heavy atom. The molecule has 1 aliphatic rings. The number of benzene rings is 1. The first-order valence-electron chi connectivity index (χ1n) is 6.56. The van der Waals surface area contributed by atoms with Gasteiger partial charge in [0, 0.05) is 12.1 Å². The average Bonchev–Trinajstić information content (AvgIpc) is 2.41. The second-order valence-corrected chi connectivity index (χ2v) is 4.90. The fraction of sp³-hybridized carbons (Fsp3) is 0.400. The number of hydrogen-bond donors (Lipinski definition) is 2. The molecule has 2 rings (SSSR count). The molecule has 0 heterocycles. The van der Waals surface area contributed by atoms with E-state index in [9.17, 15) is 14.3 Å². The highest BCUT2D eigenvalue weighted by atomic mass is 19.1. The van der Waals surface area contributed by atoms with Crippen LogP contribution < -0.4 is 5.32 Å². The molecule has 1 fully saturated rings. The van der Waals surface area contributed by atoms with Crippen LogP contribution in [0.5, 0.6) is 0 Å². The summed E-state index contributed by atoms with van der Waals surface area (Å²) in [4.78, 5) is 11.7. The van der Waals surface area contributed by atoms with Crippen LogP contribution in [0.15, 0.2) is 30.3 Å². The van der Waals surface area contributed by atoms with E-state index in [0.29, 0.717) is 0 Å². The molecule has 0 unspecified atom stereocenters. The molecule has 1 saturated carbocycles. The Balaban J connectivity index is 1.82. The molecule has 0 bridgehead atoms. The van der Waals surface area contributed by atoms with Gasteiger partial charge in [-0.15, -0.1) is 0 Å². The zero-order valence-corrected chi connectivity index (χ0v) is 10.7. The summed E-state index contributed by atoms with van der Waals surface area (Å²) in [6.07, 6.45) is 6.02. The van der Waals surface area contributed by atoms with Gasteiger partial charge < -0.3 is 10.4 Å². The Labute approximate surface area is 112 Å². The summed E-state index contributed by atoms with van der Waals surface area (Å²) >= 11 is 0. The number of carbonyl (C=O) groups is 1. The van der Waals surface area contributed by atoms with Gasteiger partial charge in [0.1, 0.15) is 5.82 Å². The Morgan fingerprint density at radius 3 is 2.47 bits per heavy atom. The number of aliphatic hydroxyl groups is 1. The molecule has 1 aromatic carbocycles. The van der Waals surface area contributed by atoms with E-state index < -0.39 is 0 Å². The van der Waals surface area contributed by atoms with Gasteiger partial charge in [0.2, 0.25) is 5.91 Å². The maximum absolute atomic E-state index is 12.7. The van der Waals surface area contributed by atoms with Crippen molar-refractivity contribution >= 4 is 12.0 Å². The smallest absolute Gasteiger partial charge is 0.244 e. The minimum atomic E-state index is -0.289. The monoisotopic (exact) mass is 263 g/mol. The van der Waals surface area contributed by atoms with E-state index in [1.54, 1.807) is 18.2 Å². The molecular formula is C15H18FNO2. The number of halogens is 1. The number of rotatable bonds is 3. The first-order valence-corrected chi connectivity index (χ1v) is 6.56. The van der Waals surface area contributed by atoms with E-state index in [1.165, 1.54) is 18.2 Å². The molecule has 1 aliphatic carbocycles. The van der Waals surface area contributed by atoms with Crippen LogP contribution in [0, 0.1) is 5.82 Å². The molecular weight excluding hydrogens is 245 g/mol. The Hall–Kier alpha value is -1.68. The maximum atomic E-state index is 12.7. The predicted octanol–water partition coefficient (Wildman–Crippen LogP) is 2.26. The second kappa shape index (κ2) is 6.48. The lowest BCUT2D eigenvalue weighted by Crippen LogP contribution is -2.37. The molecule has 0 saturated heterocycles. The summed E-state index contributed by atoms with van der Waals surface area (Å²) in [5.41, 5.74) is 0.788. The average molecular weight is 263 g/mol. The van der Waals surface area contributed by atoms with E-state index >= 15 is 0 Å². The molecule has 0 aromatic heterocycles. The minimum absolute atomic E-state index is 0.147. The zero-order chi connectivity index (χ0) is 13.7. The van der Waals surface area contributed by atoms with Gasteiger partial charge in [0.15, 0.2) is 0 Å². The molecule has 4 heteroatoms. The molecule has 1 amide bonds. The summed E-state index contributed by atoms with van der Waals surface area (Å²) in [6.45, 7) is 0. The molecule has 1 aromatic rings. The topological polar surface area (TPSA) is 49.3 Å². The van der Waals surface area contributed by atoms with Crippen LogP contribution in [-0.2, 0) is 4.79 Å². The molecule has 19 heavy (non-hydrogen) atoms. The van der Waals surface area contributed by atoms with Gasteiger partial charge >= 0.3 is 0 Å². The third-order valence-corrected chi connectivity index (χ3v) is 3.34. The second-order valence-electron chi connectivity index (χ2n) is 4.90. The van der Waals surface area contributed by atoms with Crippen molar-refractivity contribution in [1.29, 1.82) is 0 Å². The summed E-state index contributed by atoms with van der Waals surface area (Å²) in [5, 5.41) is 12.3. The van der Waals surface area contributed by atoms with E-state index in [4.69, 9.17) is 0 Å². The molecule has 2 N–H and O–H groups in total. The number of aliphatic hydroxyl groups excluding tert-OH is 1.